The number of rotatable bonds is 12. The van der Waals surface area contributed by atoms with Gasteiger partial charge in [0.05, 0.1) is 11.9 Å². The highest BCUT2D eigenvalue weighted by molar-refractivity contribution is 7.92. The molecule has 39 heavy (non-hydrogen) atoms. The van der Waals surface area contributed by atoms with Gasteiger partial charge in [0.15, 0.2) is 0 Å². The average molecular weight is 554 g/mol. The zero-order chi connectivity index (χ0) is 28.6. The van der Waals surface area contributed by atoms with Crippen LogP contribution in [-0.4, -0.2) is 51.0 Å². The maximum absolute atomic E-state index is 14.6. The molecular weight excluding hydrogens is 517 g/mol. The van der Waals surface area contributed by atoms with Gasteiger partial charge in [-0.1, -0.05) is 60.7 Å². The van der Waals surface area contributed by atoms with Gasteiger partial charge in [0, 0.05) is 38.5 Å². The fraction of sp³-hybridized carbons (Fsp3) is 0.333. The predicted molar refractivity (Wildman–Crippen MR) is 152 cm³/mol. The van der Waals surface area contributed by atoms with E-state index >= 15 is 0 Å². The number of likely N-dealkylation sites (N-methyl/N-ethyl adjacent to an activating group) is 1. The Bertz CT molecular complexity index is 1400. The van der Waals surface area contributed by atoms with Crippen LogP contribution in [0.2, 0.25) is 0 Å². The number of nitrogens with zero attached hydrogens (tertiary/aromatic N) is 2. The van der Waals surface area contributed by atoms with E-state index < -0.39 is 21.9 Å². The Balaban J connectivity index is 1.87. The summed E-state index contributed by atoms with van der Waals surface area (Å²) in [6.07, 6.45) is 1.59. The molecule has 2 amide bonds. The second-order valence-electron chi connectivity index (χ2n) is 9.66. The summed E-state index contributed by atoms with van der Waals surface area (Å²) in [6.45, 7) is 3.72. The molecule has 0 unspecified atom stereocenters. The molecule has 3 rings (SSSR count). The molecule has 3 aromatic carbocycles. The van der Waals surface area contributed by atoms with Gasteiger partial charge in [-0.15, -0.1) is 0 Å². The van der Waals surface area contributed by atoms with E-state index in [-0.39, 0.29) is 44.2 Å². The summed E-state index contributed by atoms with van der Waals surface area (Å²) in [6, 6.07) is 20.2. The average Bonchev–Trinajstić information content (AvgIpc) is 2.90. The van der Waals surface area contributed by atoms with Crippen molar-refractivity contribution in [2.75, 3.05) is 24.2 Å². The first-order valence-electron chi connectivity index (χ1n) is 12.8. The third kappa shape index (κ3) is 8.13. The molecule has 0 heterocycles. The van der Waals surface area contributed by atoms with Crippen LogP contribution in [0.25, 0.3) is 0 Å². The normalized spacial score (nSPS) is 12.0. The number of carbonyl (C=O) groups is 2. The van der Waals surface area contributed by atoms with Crippen LogP contribution in [0.5, 0.6) is 0 Å². The Kier molecular flexibility index (Phi) is 10.2. The number of sulfonamides is 1. The van der Waals surface area contributed by atoms with Gasteiger partial charge in [0.25, 0.3) is 0 Å². The number of aryl methyl sites for hydroxylation is 2. The van der Waals surface area contributed by atoms with E-state index in [1.807, 2.05) is 62.4 Å². The highest BCUT2D eigenvalue weighted by Gasteiger charge is 2.30. The Hall–Kier alpha value is -3.72. The smallest absolute Gasteiger partial charge is 0.242 e. The van der Waals surface area contributed by atoms with Gasteiger partial charge in [-0.3, -0.25) is 13.9 Å². The number of carbonyl (C=O) groups excluding carboxylic acids is 2. The van der Waals surface area contributed by atoms with E-state index in [0.29, 0.717) is 11.3 Å². The van der Waals surface area contributed by atoms with Crippen LogP contribution in [0, 0.1) is 19.7 Å². The van der Waals surface area contributed by atoms with Crippen molar-refractivity contribution >= 4 is 27.5 Å². The molecule has 0 aromatic heterocycles. The van der Waals surface area contributed by atoms with Crippen molar-refractivity contribution in [3.05, 3.63) is 101 Å². The molecule has 7 nitrogen and oxygen atoms in total. The minimum absolute atomic E-state index is 0.0202. The summed E-state index contributed by atoms with van der Waals surface area (Å²) >= 11 is 0. The number of amides is 2. The lowest BCUT2D eigenvalue weighted by atomic mass is 10.0. The fourth-order valence-corrected chi connectivity index (χ4v) is 5.52. The summed E-state index contributed by atoms with van der Waals surface area (Å²) in [5.41, 5.74) is 3.45. The van der Waals surface area contributed by atoms with Crippen LogP contribution in [-0.2, 0) is 32.6 Å². The van der Waals surface area contributed by atoms with Crippen molar-refractivity contribution in [1.29, 1.82) is 0 Å². The summed E-state index contributed by atoms with van der Waals surface area (Å²) in [5.74, 6) is -1.20. The molecule has 0 saturated carbocycles. The van der Waals surface area contributed by atoms with Crippen LogP contribution >= 0.6 is 0 Å². The third-order valence-electron chi connectivity index (χ3n) is 6.60. The van der Waals surface area contributed by atoms with Crippen molar-refractivity contribution < 1.29 is 22.4 Å². The van der Waals surface area contributed by atoms with E-state index in [0.717, 1.165) is 22.9 Å². The first-order chi connectivity index (χ1) is 18.5. The Morgan fingerprint density at radius 3 is 2.28 bits per heavy atom. The summed E-state index contributed by atoms with van der Waals surface area (Å²) < 4.78 is 41.2. The zero-order valence-electron chi connectivity index (χ0n) is 22.9. The quantitative estimate of drug-likeness (QED) is 0.361. The molecule has 208 valence electrons. The molecule has 3 aromatic rings. The van der Waals surface area contributed by atoms with Crippen molar-refractivity contribution in [1.82, 2.24) is 10.2 Å². The topological polar surface area (TPSA) is 86.8 Å². The third-order valence-corrected chi connectivity index (χ3v) is 7.78. The minimum Gasteiger partial charge on any atom is -0.357 e. The number of halogens is 1. The van der Waals surface area contributed by atoms with Gasteiger partial charge in [-0.05, 0) is 49.1 Å². The molecule has 1 atom stereocenters. The highest BCUT2D eigenvalue weighted by Crippen LogP contribution is 2.25. The van der Waals surface area contributed by atoms with Gasteiger partial charge in [0.2, 0.25) is 21.8 Å². The fourth-order valence-electron chi connectivity index (χ4n) is 4.50. The Morgan fingerprint density at radius 1 is 0.974 bits per heavy atom. The highest BCUT2D eigenvalue weighted by atomic mass is 32.2. The van der Waals surface area contributed by atoms with Crippen LogP contribution in [0.4, 0.5) is 10.1 Å². The number of benzene rings is 3. The van der Waals surface area contributed by atoms with Gasteiger partial charge < -0.3 is 10.2 Å². The number of hydrogen-bond acceptors (Lipinski definition) is 4. The SMILES string of the molecule is CNC(=O)[C@@H](Cc1ccccc1)N(Cc1ccccc1F)C(=O)CCCN(c1cc(C)ccc1C)S(C)(=O)=O. The maximum atomic E-state index is 14.6. The summed E-state index contributed by atoms with van der Waals surface area (Å²) in [5, 5.41) is 2.63. The van der Waals surface area contributed by atoms with E-state index in [2.05, 4.69) is 5.32 Å². The van der Waals surface area contributed by atoms with Gasteiger partial charge >= 0.3 is 0 Å². The number of anilines is 1. The molecule has 9 heteroatoms. The Labute approximate surface area is 230 Å². The van der Waals surface area contributed by atoms with E-state index in [1.54, 1.807) is 18.2 Å². The summed E-state index contributed by atoms with van der Waals surface area (Å²) in [7, 11) is -2.11. The van der Waals surface area contributed by atoms with Crippen molar-refractivity contribution in [3.8, 4) is 0 Å². The number of hydrogen-bond donors (Lipinski definition) is 1. The van der Waals surface area contributed by atoms with Crippen LogP contribution < -0.4 is 9.62 Å². The molecule has 1 N–H and O–H groups in total. The molecule has 0 aliphatic carbocycles. The van der Waals surface area contributed by atoms with E-state index in [1.165, 1.54) is 22.3 Å². The molecule has 0 spiro atoms. The van der Waals surface area contributed by atoms with Crippen LogP contribution in [0.3, 0.4) is 0 Å². The van der Waals surface area contributed by atoms with E-state index in [4.69, 9.17) is 0 Å². The second-order valence-corrected chi connectivity index (χ2v) is 11.6. The molecular formula is C30H36FN3O4S. The lowest BCUT2D eigenvalue weighted by Crippen LogP contribution is -2.50. The van der Waals surface area contributed by atoms with Crippen molar-refractivity contribution in [2.24, 2.45) is 0 Å². The first-order valence-corrected chi connectivity index (χ1v) is 14.7. The maximum Gasteiger partial charge on any atom is 0.242 e. The number of nitrogens with one attached hydrogen (secondary N) is 1. The minimum atomic E-state index is -3.61. The lowest BCUT2D eigenvalue weighted by Gasteiger charge is -2.32. The lowest BCUT2D eigenvalue weighted by molar-refractivity contribution is -0.141. The monoisotopic (exact) mass is 553 g/mol. The molecule has 0 aliphatic heterocycles. The van der Waals surface area contributed by atoms with Crippen molar-refractivity contribution in [2.45, 2.75) is 45.7 Å². The second kappa shape index (κ2) is 13.4. The zero-order valence-corrected chi connectivity index (χ0v) is 23.7. The van der Waals surface area contributed by atoms with Crippen molar-refractivity contribution in [3.63, 3.8) is 0 Å². The van der Waals surface area contributed by atoms with Crippen LogP contribution in [0.1, 0.15) is 35.1 Å². The Morgan fingerprint density at radius 2 is 1.64 bits per heavy atom. The standard InChI is InChI=1S/C30H36FN3O4S/c1-22-16-17-23(2)27(19-22)34(39(4,37)38)18-10-15-29(35)33(21-25-13-8-9-14-26(25)31)28(30(36)32-3)20-24-11-6-5-7-12-24/h5-9,11-14,16-17,19,28H,10,15,18,20-21H2,1-4H3,(H,32,36)/t28-/m1/s1. The molecule has 0 aliphatic rings. The first kappa shape index (κ1) is 29.8. The predicted octanol–water partition coefficient (Wildman–Crippen LogP) is 4.37. The largest absolute Gasteiger partial charge is 0.357 e. The molecule has 0 radical (unpaired) electrons. The van der Waals surface area contributed by atoms with Crippen LogP contribution in [0.15, 0.2) is 72.8 Å². The van der Waals surface area contributed by atoms with E-state index in [9.17, 15) is 22.4 Å². The summed E-state index contributed by atoms with van der Waals surface area (Å²) in [4.78, 5) is 28.1. The molecule has 0 bridgehead atoms. The van der Waals surface area contributed by atoms with Gasteiger partial charge in [0.1, 0.15) is 11.9 Å². The molecule has 0 saturated heterocycles. The molecule has 0 fully saturated rings. The van der Waals surface area contributed by atoms with Gasteiger partial charge in [-0.25, -0.2) is 12.8 Å². The van der Waals surface area contributed by atoms with Gasteiger partial charge in [-0.2, -0.15) is 0 Å².